The Balaban J connectivity index is 1.63. The van der Waals surface area contributed by atoms with Crippen molar-refractivity contribution in [3.05, 3.63) is 102 Å². The molecule has 0 spiro atoms. The van der Waals surface area contributed by atoms with E-state index >= 15 is 0 Å². The van der Waals surface area contributed by atoms with Crippen LogP contribution in [0.3, 0.4) is 0 Å². The van der Waals surface area contributed by atoms with E-state index in [1.165, 1.54) is 6.08 Å². The molecule has 0 atom stereocenters. The number of ketones is 1. The normalized spacial score (nSPS) is 10.6. The summed E-state index contributed by atoms with van der Waals surface area (Å²) >= 11 is 0. The average Bonchev–Trinajstić information content (AvgIpc) is 2.73. The molecule has 0 saturated carbocycles. The third-order valence-electron chi connectivity index (χ3n) is 3.90. The largest absolute Gasteiger partial charge is 0.497 e. The van der Waals surface area contributed by atoms with Crippen molar-refractivity contribution < 1.29 is 19.1 Å². The second-order valence-electron chi connectivity index (χ2n) is 5.75. The van der Waals surface area contributed by atoms with Crippen molar-refractivity contribution in [2.75, 3.05) is 7.11 Å². The van der Waals surface area contributed by atoms with E-state index in [0.29, 0.717) is 22.6 Å². The molecule has 0 N–H and O–H groups in total. The van der Waals surface area contributed by atoms with Gasteiger partial charge >= 0.3 is 5.97 Å². The van der Waals surface area contributed by atoms with Crippen LogP contribution >= 0.6 is 0 Å². The monoisotopic (exact) mass is 358 g/mol. The first-order chi connectivity index (χ1) is 13.2. The molecule has 0 bridgehead atoms. The molecule has 4 heteroatoms. The third-order valence-corrected chi connectivity index (χ3v) is 3.90. The average molecular weight is 358 g/mol. The van der Waals surface area contributed by atoms with E-state index in [4.69, 9.17) is 9.47 Å². The number of esters is 1. The maximum absolute atomic E-state index is 12.2. The topological polar surface area (TPSA) is 52.6 Å². The fourth-order valence-corrected chi connectivity index (χ4v) is 2.41. The number of hydrogen-bond acceptors (Lipinski definition) is 4. The minimum absolute atomic E-state index is 0.119. The zero-order valence-electron chi connectivity index (χ0n) is 14.8. The van der Waals surface area contributed by atoms with Crippen LogP contribution in [0.2, 0.25) is 0 Å². The summed E-state index contributed by atoms with van der Waals surface area (Å²) in [5, 5.41) is 0. The number of benzene rings is 3. The smallest absolute Gasteiger partial charge is 0.343 e. The van der Waals surface area contributed by atoms with Crippen LogP contribution in [0.4, 0.5) is 0 Å². The van der Waals surface area contributed by atoms with E-state index in [1.54, 1.807) is 61.7 Å². The van der Waals surface area contributed by atoms with Gasteiger partial charge in [0.1, 0.15) is 11.5 Å². The minimum Gasteiger partial charge on any atom is -0.497 e. The molecule has 0 radical (unpaired) electrons. The summed E-state index contributed by atoms with van der Waals surface area (Å²) in [5.74, 6) is 0.449. The van der Waals surface area contributed by atoms with Crippen molar-refractivity contribution in [2.24, 2.45) is 0 Å². The number of ether oxygens (including phenoxy) is 2. The molecule has 134 valence electrons. The van der Waals surface area contributed by atoms with E-state index in [9.17, 15) is 9.59 Å². The van der Waals surface area contributed by atoms with Crippen molar-refractivity contribution in [3.8, 4) is 11.5 Å². The highest BCUT2D eigenvalue weighted by molar-refractivity contribution is 6.06. The van der Waals surface area contributed by atoms with Crippen LogP contribution < -0.4 is 9.47 Å². The summed E-state index contributed by atoms with van der Waals surface area (Å²) < 4.78 is 10.4. The maximum Gasteiger partial charge on any atom is 0.343 e. The zero-order valence-corrected chi connectivity index (χ0v) is 14.8. The SMILES string of the molecule is COc1ccc(C(=O)Oc2ccc(C(=O)/C=C/c3ccccc3)cc2)cc1. The Bertz CT molecular complexity index is 940. The van der Waals surface area contributed by atoms with Gasteiger partial charge in [-0.2, -0.15) is 0 Å². The molecule has 0 heterocycles. The molecule has 3 rings (SSSR count). The van der Waals surface area contributed by atoms with Crippen molar-refractivity contribution >= 4 is 17.8 Å². The van der Waals surface area contributed by atoms with Crippen LogP contribution in [0.1, 0.15) is 26.3 Å². The number of rotatable bonds is 6. The van der Waals surface area contributed by atoms with Gasteiger partial charge in [-0.05, 0) is 60.2 Å². The molecular weight excluding hydrogens is 340 g/mol. The van der Waals surface area contributed by atoms with Crippen molar-refractivity contribution in [1.29, 1.82) is 0 Å². The first-order valence-corrected chi connectivity index (χ1v) is 8.39. The third kappa shape index (κ3) is 4.92. The van der Waals surface area contributed by atoms with E-state index in [1.807, 2.05) is 30.3 Å². The molecule has 4 nitrogen and oxygen atoms in total. The van der Waals surface area contributed by atoms with Gasteiger partial charge in [-0.25, -0.2) is 4.79 Å². The van der Waals surface area contributed by atoms with Gasteiger partial charge in [0, 0.05) is 5.56 Å². The van der Waals surface area contributed by atoms with Crippen LogP contribution in [-0.4, -0.2) is 18.9 Å². The van der Waals surface area contributed by atoms with Gasteiger partial charge in [-0.15, -0.1) is 0 Å². The summed E-state index contributed by atoms with van der Waals surface area (Å²) in [6, 6.07) is 22.7. The highest BCUT2D eigenvalue weighted by atomic mass is 16.5. The van der Waals surface area contributed by atoms with Gasteiger partial charge in [0.15, 0.2) is 5.78 Å². The lowest BCUT2D eigenvalue weighted by Gasteiger charge is -2.06. The first kappa shape index (κ1) is 18.1. The molecule has 3 aromatic carbocycles. The van der Waals surface area contributed by atoms with Gasteiger partial charge in [0.2, 0.25) is 0 Å². The fraction of sp³-hybridized carbons (Fsp3) is 0.0435. The summed E-state index contributed by atoms with van der Waals surface area (Å²) in [5.41, 5.74) is 1.89. The quantitative estimate of drug-likeness (QED) is 0.275. The second-order valence-corrected chi connectivity index (χ2v) is 5.75. The van der Waals surface area contributed by atoms with Gasteiger partial charge in [-0.1, -0.05) is 36.4 Å². The van der Waals surface area contributed by atoms with Crippen LogP contribution in [0.5, 0.6) is 11.5 Å². The Morgan fingerprint density at radius 2 is 1.33 bits per heavy atom. The Morgan fingerprint density at radius 1 is 0.741 bits per heavy atom. The zero-order chi connectivity index (χ0) is 19.1. The van der Waals surface area contributed by atoms with Crippen molar-refractivity contribution in [3.63, 3.8) is 0 Å². The standard InChI is InChI=1S/C23H18O4/c1-26-20-12-10-19(11-13-20)23(25)27-21-14-8-18(9-15-21)22(24)16-7-17-5-3-2-4-6-17/h2-16H,1H3/b16-7+. The molecule has 0 unspecified atom stereocenters. The molecular formula is C23H18O4. The van der Waals surface area contributed by atoms with Crippen molar-refractivity contribution in [1.82, 2.24) is 0 Å². The molecule has 0 aliphatic carbocycles. The number of allylic oxidation sites excluding steroid dienone is 1. The predicted molar refractivity (Wildman–Crippen MR) is 104 cm³/mol. The lowest BCUT2D eigenvalue weighted by molar-refractivity contribution is 0.0734. The second kappa shape index (κ2) is 8.63. The molecule has 0 saturated heterocycles. The van der Waals surface area contributed by atoms with E-state index in [-0.39, 0.29) is 5.78 Å². The molecule has 0 aromatic heterocycles. The summed E-state index contributed by atoms with van der Waals surface area (Å²) in [6.07, 6.45) is 3.29. The van der Waals surface area contributed by atoms with Crippen LogP contribution in [0.25, 0.3) is 6.08 Å². The molecule has 0 aliphatic heterocycles. The molecule has 3 aromatic rings. The van der Waals surface area contributed by atoms with Crippen LogP contribution in [0.15, 0.2) is 84.9 Å². The number of hydrogen-bond donors (Lipinski definition) is 0. The molecule has 0 amide bonds. The molecule has 0 aliphatic rings. The van der Waals surface area contributed by atoms with Crippen LogP contribution in [-0.2, 0) is 0 Å². The summed E-state index contributed by atoms with van der Waals surface area (Å²) in [6.45, 7) is 0. The molecule has 27 heavy (non-hydrogen) atoms. The van der Waals surface area contributed by atoms with Gasteiger partial charge in [-0.3, -0.25) is 4.79 Å². The first-order valence-electron chi connectivity index (χ1n) is 8.39. The number of carbonyl (C=O) groups is 2. The minimum atomic E-state index is -0.472. The maximum atomic E-state index is 12.2. The fourth-order valence-electron chi connectivity index (χ4n) is 2.41. The molecule has 0 fully saturated rings. The highest BCUT2D eigenvalue weighted by Crippen LogP contribution is 2.17. The predicted octanol–water partition coefficient (Wildman–Crippen LogP) is 4.81. The lowest BCUT2D eigenvalue weighted by atomic mass is 10.1. The number of methoxy groups -OCH3 is 1. The van der Waals surface area contributed by atoms with E-state index in [0.717, 1.165) is 5.56 Å². The van der Waals surface area contributed by atoms with Gasteiger partial charge in [0.25, 0.3) is 0 Å². The lowest BCUT2D eigenvalue weighted by Crippen LogP contribution is -2.08. The Morgan fingerprint density at radius 3 is 1.96 bits per heavy atom. The van der Waals surface area contributed by atoms with Crippen molar-refractivity contribution in [2.45, 2.75) is 0 Å². The Hall–Kier alpha value is -3.66. The van der Waals surface area contributed by atoms with Gasteiger partial charge in [0.05, 0.1) is 12.7 Å². The van der Waals surface area contributed by atoms with Gasteiger partial charge < -0.3 is 9.47 Å². The summed E-state index contributed by atoms with van der Waals surface area (Å²) in [4.78, 5) is 24.4. The van der Waals surface area contributed by atoms with E-state index in [2.05, 4.69) is 0 Å². The Labute approximate surface area is 157 Å². The Kier molecular flexibility index (Phi) is 5.80. The van der Waals surface area contributed by atoms with Crippen LogP contribution in [0, 0.1) is 0 Å². The number of carbonyl (C=O) groups excluding carboxylic acids is 2. The van der Waals surface area contributed by atoms with E-state index < -0.39 is 5.97 Å². The summed E-state index contributed by atoms with van der Waals surface area (Å²) in [7, 11) is 1.56. The highest BCUT2D eigenvalue weighted by Gasteiger charge is 2.09.